The van der Waals surface area contributed by atoms with E-state index in [2.05, 4.69) is 26.3 Å². The molecule has 0 N–H and O–H groups in total. The second-order valence-electron chi connectivity index (χ2n) is 7.40. The molecular weight excluding hydrogens is 416 g/mol. The summed E-state index contributed by atoms with van der Waals surface area (Å²) in [5.41, 5.74) is 1.41. The molecule has 0 saturated heterocycles. The molecule has 0 rings (SSSR count). The summed E-state index contributed by atoms with van der Waals surface area (Å²) in [6.07, 6.45) is 0.306. The maximum absolute atomic E-state index is 11.1. The Bertz CT molecular complexity index is 670. The number of carbonyl (C=O) groups is 4. The normalized spacial score (nSPS) is 11.4. The van der Waals surface area contributed by atoms with Crippen LogP contribution in [0.25, 0.3) is 0 Å². The van der Waals surface area contributed by atoms with Crippen molar-refractivity contribution in [1.29, 1.82) is 0 Å². The first-order valence-corrected chi connectivity index (χ1v) is 10.1. The number of carbonyl (C=O) groups excluding carboxylic acids is 4. The van der Waals surface area contributed by atoms with Gasteiger partial charge in [-0.3, -0.25) is 0 Å². The van der Waals surface area contributed by atoms with Crippen LogP contribution in [0.2, 0.25) is 0 Å². The molecule has 8 nitrogen and oxygen atoms in total. The largest absolute Gasteiger partial charge is 0.462 e. The summed E-state index contributed by atoms with van der Waals surface area (Å²) in [6.45, 7) is 24.0. The highest BCUT2D eigenvalue weighted by atomic mass is 16.6. The highest BCUT2D eigenvalue weighted by Gasteiger charge is 2.12. The fourth-order valence-corrected chi connectivity index (χ4v) is 1.57. The first-order valence-electron chi connectivity index (χ1n) is 10.1. The van der Waals surface area contributed by atoms with E-state index < -0.39 is 23.9 Å². The van der Waals surface area contributed by atoms with E-state index >= 15 is 0 Å². The van der Waals surface area contributed by atoms with Crippen molar-refractivity contribution in [3.05, 3.63) is 48.6 Å². The van der Waals surface area contributed by atoms with Crippen molar-refractivity contribution in [3.8, 4) is 0 Å². The molecule has 0 saturated carbocycles. The van der Waals surface area contributed by atoms with Gasteiger partial charge in [-0.15, -0.1) is 0 Å². The van der Waals surface area contributed by atoms with Crippen LogP contribution in [0.1, 0.15) is 54.4 Å². The third-order valence-corrected chi connectivity index (χ3v) is 3.53. The molecule has 32 heavy (non-hydrogen) atoms. The Morgan fingerprint density at radius 1 is 0.562 bits per heavy atom. The minimum atomic E-state index is -0.432. The quantitative estimate of drug-likeness (QED) is 0.248. The van der Waals surface area contributed by atoms with Gasteiger partial charge in [0.15, 0.2) is 0 Å². The summed E-state index contributed by atoms with van der Waals surface area (Å²) in [5.74, 6) is -1.73. The number of esters is 4. The second kappa shape index (κ2) is 16.5. The van der Waals surface area contributed by atoms with Crippen LogP contribution in [-0.2, 0) is 38.1 Å². The molecule has 180 valence electrons. The predicted octanol–water partition coefficient (Wildman–Crippen LogP) is 4.01. The molecule has 0 radical (unpaired) electrons. The van der Waals surface area contributed by atoms with Crippen molar-refractivity contribution in [1.82, 2.24) is 0 Å². The molecule has 0 amide bonds. The highest BCUT2D eigenvalue weighted by molar-refractivity contribution is 5.88. The van der Waals surface area contributed by atoms with Gasteiger partial charge in [0.05, 0.1) is 13.2 Å². The van der Waals surface area contributed by atoms with Crippen LogP contribution >= 0.6 is 0 Å². The molecule has 0 aromatic heterocycles. The topological polar surface area (TPSA) is 105 Å². The molecule has 0 fully saturated rings. The number of rotatable bonds is 12. The predicted molar refractivity (Wildman–Crippen MR) is 122 cm³/mol. The van der Waals surface area contributed by atoms with Crippen molar-refractivity contribution in [3.63, 3.8) is 0 Å². The van der Waals surface area contributed by atoms with Crippen molar-refractivity contribution in [2.24, 2.45) is 0 Å². The van der Waals surface area contributed by atoms with Crippen molar-refractivity contribution in [2.45, 2.75) is 66.6 Å². The lowest BCUT2D eigenvalue weighted by atomic mass is 10.3. The van der Waals surface area contributed by atoms with Crippen LogP contribution in [0.4, 0.5) is 0 Å². The average Bonchev–Trinajstić information content (AvgIpc) is 2.67. The molecule has 0 aromatic rings. The van der Waals surface area contributed by atoms with E-state index in [1.54, 1.807) is 41.5 Å². The zero-order valence-electron chi connectivity index (χ0n) is 20.1. The molecule has 0 aliphatic heterocycles. The smallest absolute Gasteiger partial charge is 0.333 e. The van der Waals surface area contributed by atoms with Gasteiger partial charge in [0.2, 0.25) is 0 Å². The van der Waals surface area contributed by atoms with Crippen molar-refractivity contribution < 1.29 is 38.1 Å². The SMILES string of the molecule is C=C(C)C(=O)OCCC(C)OC(=O)C(=C)C.C=C(C)C(=O)OCCC(C)OC(=O)C(=C)C. The molecule has 8 heteroatoms. The van der Waals surface area contributed by atoms with Crippen molar-refractivity contribution in [2.75, 3.05) is 13.2 Å². The molecule has 2 unspecified atom stereocenters. The Hall–Kier alpha value is -3.16. The van der Waals surface area contributed by atoms with Gasteiger partial charge >= 0.3 is 23.9 Å². The lowest BCUT2D eigenvalue weighted by Gasteiger charge is -2.13. The van der Waals surface area contributed by atoms with Gasteiger partial charge in [-0.2, -0.15) is 0 Å². The maximum Gasteiger partial charge on any atom is 0.333 e. The third-order valence-electron chi connectivity index (χ3n) is 3.53. The number of ether oxygens (including phenoxy) is 4. The number of hydrogen-bond donors (Lipinski definition) is 0. The summed E-state index contributed by atoms with van der Waals surface area (Å²) >= 11 is 0. The summed E-state index contributed by atoms with van der Waals surface area (Å²) in [4.78, 5) is 44.3. The average molecular weight is 453 g/mol. The summed E-state index contributed by atoms with van der Waals surface area (Å²) < 4.78 is 19.7. The second-order valence-corrected chi connectivity index (χ2v) is 7.40. The highest BCUT2D eigenvalue weighted by Crippen LogP contribution is 2.04. The van der Waals surface area contributed by atoms with E-state index in [1.807, 2.05) is 0 Å². The summed E-state index contributed by atoms with van der Waals surface area (Å²) in [6, 6.07) is 0. The molecule has 0 bridgehead atoms. The van der Waals surface area contributed by atoms with E-state index in [0.29, 0.717) is 35.1 Å². The van der Waals surface area contributed by atoms with Crippen LogP contribution in [0, 0.1) is 0 Å². The molecule has 2 atom stereocenters. The number of hydrogen-bond acceptors (Lipinski definition) is 8. The molecular formula is C24H36O8. The zero-order valence-corrected chi connectivity index (χ0v) is 20.1. The van der Waals surface area contributed by atoms with E-state index in [-0.39, 0.29) is 25.4 Å². The van der Waals surface area contributed by atoms with Gasteiger partial charge in [-0.1, -0.05) is 26.3 Å². The standard InChI is InChI=1S/2C12H18O4/c2*1-8(2)11(13)15-7-6-10(5)16-12(14)9(3)4/h2*10H,1,3,6-7H2,2,4-5H3. The third kappa shape index (κ3) is 16.6. The molecule has 0 aliphatic carbocycles. The Labute approximate surface area is 190 Å². The van der Waals surface area contributed by atoms with Gasteiger partial charge in [0.25, 0.3) is 0 Å². The minimum Gasteiger partial charge on any atom is -0.462 e. The van der Waals surface area contributed by atoms with Gasteiger partial charge in [0.1, 0.15) is 12.2 Å². The Kier molecular flexibility index (Phi) is 16.0. The molecule has 0 spiro atoms. The van der Waals surface area contributed by atoms with Gasteiger partial charge < -0.3 is 18.9 Å². The van der Waals surface area contributed by atoms with Crippen molar-refractivity contribution >= 4 is 23.9 Å². The van der Waals surface area contributed by atoms with Gasteiger partial charge in [-0.25, -0.2) is 19.2 Å². The Morgan fingerprint density at radius 3 is 1.03 bits per heavy atom. The zero-order chi connectivity index (χ0) is 25.4. The minimum absolute atomic E-state index is 0.205. The van der Waals surface area contributed by atoms with Gasteiger partial charge in [0, 0.05) is 35.1 Å². The summed E-state index contributed by atoms with van der Waals surface area (Å²) in [7, 11) is 0. The fourth-order valence-electron chi connectivity index (χ4n) is 1.57. The van der Waals surface area contributed by atoms with E-state index in [9.17, 15) is 19.2 Å². The first-order chi connectivity index (χ1) is 14.7. The first kappa shape index (κ1) is 31.0. The molecule has 0 heterocycles. The van der Waals surface area contributed by atoms with Crippen LogP contribution < -0.4 is 0 Å². The van der Waals surface area contributed by atoms with E-state index in [1.165, 1.54) is 0 Å². The Morgan fingerprint density at radius 2 is 0.812 bits per heavy atom. The maximum atomic E-state index is 11.1. The Balaban J connectivity index is 0. The van der Waals surface area contributed by atoms with Crippen LogP contribution in [-0.4, -0.2) is 49.3 Å². The molecule has 0 aromatic carbocycles. The van der Waals surface area contributed by atoms with Crippen LogP contribution in [0.15, 0.2) is 48.6 Å². The lowest BCUT2D eigenvalue weighted by molar-refractivity contribution is -0.147. The van der Waals surface area contributed by atoms with Crippen LogP contribution in [0.3, 0.4) is 0 Å². The lowest BCUT2D eigenvalue weighted by Crippen LogP contribution is -2.18. The van der Waals surface area contributed by atoms with Crippen LogP contribution in [0.5, 0.6) is 0 Å². The fraction of sp³-hybridized carbons (Fsp3) is 0.500. The summed E-state index contributed by atoms with van der Waals surface area (Å²) in [5, 5.41) is 0. The van der Waals surface area contributed by atoms with E-state index in [4.69, 9.17) is 18.9 Å². The monoisotopic (exact) mass is 452 g/mol. The van der Waals surface area contributed by atoms with E-state index in [0.717, 1.165) is 0 Å². The molecule has 0 aliphatic rings. The van der Waals surface area contributed by atoms with Gasteiger partial charge in [-0.05, 0) is 41.5 Å².